The van der Waals surface area contributed by atoms with Gasteiger partial charge in [-0.2, -0.15) is 0 Å². The molecule has 0 bridgehead atoms. The predicted octanol–water partition coefficient (Wildman–Crippen LogP) is 2.04. The minimum atomic E-state index is -0.0863. The molecule has 1 fully saturated rings. The summed E-state index contributed by atoms with van der Waals surface area (Å²) in [5.41, 5.74) is 1.48. The van der Waals surface area contributed by atoms with Crippen LogP contribution in [0.2, 0.25) is 0 Å². The second-order valence-corrected chi connectivity index (χ2v) is 4.09. The molecule has 16 heavy (non-hydrogen) atoms. The van der Waals surface area contributed by atoms with E-state index in [0.717, 1.165) is 18.4 Å². The van der Waals surface area contributed by atoms with E-state index in [9.17, 15) is 4.79 Å². The third-order valence-corrected chi connectivity index (χ3v) is 2.20. The van der Waals surface area contributed by atoms with Crippen LogP contribution >= 0.6 is 0 Å². The first-order chi connectivity index (χ1) is 7.54. The number of nitrogens with zero attached hydrogens (tertiary/aromatic N) is 1. The largest absolute Gasteiger partial charge is 0.309 e. The molecule has 0 aromatic rings. The molecule has 0 unspecified atom stereocenters. The van der Waals surface area contributed by atoms with E-state index in [0.29, 0.717) is 5.70 Å². The van der Waals surface area contributed by atoms with Crippen molar-refractivity contribution in [2.45, 2.75) is 26.7 Å². The summed E-state index contributed by atoms with van der Waals surface area (Å²) in [5.74, 6) is 0.0241. The number of nitrogens with one attached hydrogen (secondary N) is 2. The van der Waals surface area contributed by atoms with Gasteiger partial charge in [-0.15, -0.1) is 0 Å². The summed E-state index contributed by atoms with van der Waals surface area (Å²) < 4.78 is 0. The molecule has 0 spiro atoms. The van der Waals surface area contributed by atoms with Crippen molar-refractivity contribution in [3.05, 3.63) is 23.4 Å². The summed E-state index contributed by atoms with van der Waals surface area (Å²) in [4.78, 5) is 15.1. The van der Waals surface area contributed by atoms with Gasteiger partial charge in [0.05, 0.1) is 0 Å². The lowest BCUT2D eigenvalue weighted by molar-refractivity contribution is -0.120. The van der Waals surface area contributed by atoms with Crippen molar-refractivity contribution in [1.29, 1.82) is 5.41 Å². The first kappa shape index (κ1) is 12.4. The highest BCUT2D eigenvalue weighted by atomic mass is 16.2. The zero-order valence-electron chi connectivity index (χ0n) is 9.71. The van der Waals surface area contributed by atoms with E-state index < -0.39 is 0 Å². The van der Waals surface area contributed by atoms with Crippen LogP contribution in [0.3, 0.4) is 0 Å². The second-order valence-electron chi connectivity index (χ2n) is 4.09. The summed E-state index contributed by atoms with van der Waals surface area (Å²) in [7, 11) is 0. The Morgan fingerprint density at radius 3 is 2.50 bits per heavy atom. The fourth-order valence-electron chi connectivity index (χ4n) is 1.10. The molecular weight excluding hydrogens is 202 g/mol. The van der Waals surface area contributed by atoms with Gasteiger partial charge in [-0.05, 0) is 39.5 Å². The Morgan fingerprint density at radius 2 is 2.06 bits per heavy atom. The van der Waals surface area contributed by atoms with Gasteiger partial charge in [0.15, 0.2) is 5.84 Å². The molecule has 0 heterocycles. The third kappa shape index (κ3) is 3.81. The van der Waals surface area contributed by atoms with Crippen LogP contribution < -0.4 is 5.32 Å². The van der Waals surface area contributed by atoms with Crippen LogP contribution in [0.1, 0.15) is 26.7 Å². The molecule has 2 N–H and O–H groups in total. The molecular formula is C12H17N3O. The lowest BCUT2D eigenvalue weighted by Crippen LogP contribution is -2.31. The molecule has 0 radical (unpaired) electrons. The summed E-state index contributed by atoms with van der Waals surface area (Å²) in [5, 5.41) is 10.2. The second kappa shape index (κ2) is 5.39. The Kier molecular flexibility index (Phi) is 4.17. The quantitative estimate of drug-likeness (QED) is 0.424. The van der Waals surface area contributed by atoms with Gasteiger partial charge in [-0.1, -0.05) is 11.6 Å². The molecule has 1 amide bonds. The Hall–Kier alpha value is -1.71. The number of aliphatic imine (C=N–C) groups is 1. The van der Waals surface area contributed by atoms with Crippen LogP contribution in [-0.4, -0.2) is 18.5 Å². The van der Waals surface area contributed by atoms with Crippen molar-refractivity contribution in [2.24, 2.45) is 10.9 Å². The number of hydrogen-bond acceptors (Lipinski definition) is 3. The van der Waals surface area contributed by atoms with Crippen LogP contribution in [0.25, 0.3) is 0 Å². The van der Waals surface area contributed by atoms with Crippen molar-refractivity contribution in [3.8, 4) is 0 Å². The van der Waals surface area contributed by atoms with E-state index in [1.807, 2.05) is 19.9 Å². The minimum Gasteiger partial charge on any atom is -0.309 e. The maximum atomic E-state index is 11.4. The van der Waals surface area contributed by atoms with Gasteiger partial charge in [-0.25, -0.2) is 0 Å². The average Bonchev–Trinajstić information content (AvgIpc) is 3.01. The number of allylic oxidation sites excluding steroid dienone is 3. The van der Waals surface area contributed by atoms with Crippen molar-refractivity contribution in [1.82, 2.24) is 5.32 Å². The number of carbonyl (C=O) groups is 1. The van der Waals surface area contributed by atoms with Crippen LogP contribution in [0, 0.1) is 11.3 Å². The molecule has 0 aromatic carbocycles. The van der Waals surface area contributed by atoms with E-state index >= 15 is 0 Å². The monoisotopic (exact) mass is 219 g/mol. The fourth-order valence-corrected chi connectivity index (χ4v) is 1.10. The fraction of sp³-hybridized carbons (Fsp3) is 0.417. The molecule has 0 aromatic heterocycles. The van der Waals surface area contributed by atoms with Crippen LogP contribution in [-0.2, 0) is 4.79 Å². The lowest BCUT2D eigenvalue weighted by atomic mass is 10.2. The number of amidine groups is 1. The van der Waals surface area contributed by atoms with Gasteiger partial charge in [0.1, 0.15) is 5.70 Å². The Bertz CT molecular complexity index is 372. The van der Waals surface area contributed by atoms with E-state index in [-0.39, 0.29) is 17.7 Å². The van der Waals surface area contributed by atoms with Gasteiger partial charge in [0.2, 0.25) is 5.91 Å². The van der Waals surface area contributed by atoms with Crippen LogP contribution in [0.15, 0.2) is 28.4 Å². The first-order valence-corrected chi connectivity index (χ1v) is 5.26. The number of amides is 1. The lowest BCUT2D eigenvalue weighted by Gasteiger charge is -2.05. The minimum absolute atomic E-state index is 0.0180. The van der Waals surface area contributed by atoms with E-state index in [2.05, 4.69) is 17.0 Å². The van der Waals surface area contributed by atoms with Gasteiger partial charge in [0.25, 0.3) is 0 Å². The SMILES string of the molecule is C=N/C(=C\C=C(C)C)C(=N)NC(=O)C1CC1. The molecule has 4 nitrogen and oxygen atoms in total. The van der Waals surface area contributed by atoms with Crippen molar-refractivity contribution < 1.29 is 4.79 Å². The Labute approximate surface area is 95.7 Å². The van der Waals surface area contributed by atoms with Crippen LogP contribution in [0.5, 0.6) is 0 Å². The molecule has 1 aliphatic carbocycles. The predicted molar refractivity (Wildman–Crippen MR) is 65.7 cm³/mol. The highest BCUT2D eigenvalue weighted by molar-refractivity contribution is 6.07. The maximum Gasteiger partial charge on any atom is 0.228 e. The van der Waals surface area contributed by atoms with E-state index in [4.69, 9.17) is 5.41 Å². The average molecular weight is 219 g/mol. The standard InChI is InChI=1S/C12H17N3O/c1-8(2)4-7-10(14-3)11(13)15-12(16)9-5-6-9/h4,7,9H,3,5-6H2,1-2H3,(H2,13,15,16)/b10-7-. The maximum absolute atomic E-state index is 11.4. The van der Waals surface area contributed by atoms with Gasteiger partial charge in [0, 0.05) is 5.92 Å². The Balaban J connectivity index is 2.61. The highest BCUT2D eigenvalue weighted by Crippen LogP contribution is 2.28. The molecule has 0 aliphatic heterocycles. The normalized spacial score (nSPS) is 15.2. The summed E-state index contributed by atoms with van der Waals surface area (Å²) >= 11 is 0. The van der Waals surface area contributed by atoms with Crippen molar-refractivity contribution in [3.63, 3.8) is 0 Å². The molecule has 1 rings (SSSR count). The number of hydrogen-bond donors (Lipinski definition) is 2. The summed E-state index contributed by atoms with van der Waals surface area (Å²) in [6, 6.07) is 0. The van der Waals surface area contributed by atoms with Gasteiger partial charge >= 0.3 is 0 Å². The first-order valence-electron chi connectivity index (χ1n) is 5.26. The van der Waals surface area contributed by atoms with Gasteiger partial charge < -0.3 is 5.32 Å². The zero-order chi connectivity index (χ0) is 12.1. The molecule has 1 aliphatic rings. The third-order valence-electron chi connectivity index (χ3n) is 2.20. The number of rotatable bonds is 4. The highest BCUT2D eigenvalue weighted by Gasteiger charge is 2.30. The van der Waals surface area contributed by atoms with Crippen molar-refractivity contribution >= 4 is 18.5 Å². The molecule has 86 valence electrons. The van der Waals surface area contributed by atoms with E-state index in [1.165, 1.54) is 0 Å². The zero-order valence-corrected chi connectivity index (χ0v) is 9.71. The van der Waals surface area contributed by atoms with Gasteiger partial charge in [-0.3, -0.25) is 15.2 Å². The molecule has 1 saturated carbocycles. The van der Waals surface area contributed by atoms with Crippen molar-refractivity contribution in [2.75, 3.05) is 0 Å². The summed E-state index contributed by atoms with van der Waals surface area (Å²) in [6.07, 6.45) is 5.36. The molecule has 0 atom stereocenters. The topological polar surface area (TPSA) is 65.3 Å². The molecule has 4 heteroatoms. The van der Waals surface area contributed by atoms with E-state index in [1.54, 1.807) is 6.08 Å². The summed E-state index contributed by atoms with van der Waals surface area (Å²) in [6.45, 7) is 7.28. The number of carbonyl (C=O) groups excluding carboxylic acids is 1. The molecule has 0 saturated heterocycles. The Morgan fingerprint density at radius 1 is 1.44 bits per heavy atom. The smallest absolute Gasteiger partial charge is 0.228 e. The van der Waals surface area contributed by atoms with Crippen LogP contribution in [0.4, 0.5) is 0 Å².